The molecule has 2 N–H and O–H groups in total. The molecule has 0 saturated heterocycles. The molecule has 150 valence electrons. The van der Waals surface area contributed by atoms with Gasteiger partial charge in [0.1, 0.15) is 0 Å². The maximum absolute atomic E-state index is 4.69. The van der Waals surface area contributed by atoms with Crippen LogP contribution in [-0.2, 0) is 6.54 Å². The number of nitrogens with zero attached hydrogens (tertiary/aromatic N) is 3. The number of unbranched alkanes of at least 4 members (excludes halogenated alkanes) is 1. The summed E-state index contributed by atoms with van der Waals surface area (Å²) in [6.45, 7) is 9.72. The van der Waals surface area contributed by atoms with Crippen LogP contribution in [0.1, 0.15) is 35.3 Å². The highest BCUT2D eigenvalue weighted by Gasteiger charge is 2.05. The van der Waals surface area contributed by atoms with Gasteiger partial charge in [-0.25, -0.2) is 9.98 Å². The minimum Gasteiger partial charge on any atom is -0.375 e. The van der Waals surface area contributed by atoms with E-state index in [4.69, 9.17) is 4.99 Å². The van der Waals surface area contributed by atoms with Gasteiger partial charge in [-0.2, -0.15) is 0 Å². The lowest BCUT2D eigenvalue weighted by molar-refractivity contribution is 0.687. The van der Waals surface area contributed by atoms with Crippen LogP contribution in [0.4, 0.5) is 5.69 Å². The van der Waals surface area contributed by atoms with Crippen LogP contribution >= 0.6 is 35.3 Å². The first-order valence-electron chi connectivity index (χ1n) is 9.31. The molecule has 0 spiro atoms. The van der Waals surface area contributed by atoms with Gasteiger partial charge >= 0.3 is 0 Å². The molecular weight excluding hydrogens is 469 g/mol. The molecule has 0 bridgehead atoms. The van der Waals surface area contributed by atoms with Crippen LogP contribution in [0.3, 0.4) is 0 Å². The van der Waals surface area contributed by atoms with Crippen molar-refractivity contribution < 1.29 is 0 Å². The number of guanidine groups is 1. The van der Waals surface area contributed by atoms with Crippen molar-refractivity contribution in [2.75, 3.05) is 31.6 Å². The van der Waals surface area contributed by atoms with Crippen molar-refractivity contribution in [1.29, 1.82) is 0 Å². The number of para-hydroxylation sites is 1. The van der Waals surface area contributed by atoms with Crippen LogP contribution in [0.25, 0.3) is 0 Å². The predicted molar refractivity (Wildman–Crippen MR) is 129 cm³/mol. The summed E-state index contributed by atoms with van der Waals surface area (Å²) in [5.74, 6) is 0.884. The summed E-state index contributed by atoms with van der Waals surface area (Å²) >= 11 is 1.73. The molecular formula is C20H32IN5S. The Balaban J connectivity index is 0.00000364. The SMILES string of the molecule is CCNC(=NCc1sc(C)nc1C)NCCCCN(C)c1ccccc1.I. The molecule has 0 amide bonds. The van der Waals surface area contributed by atoms with Gasteiger partial charge in [0.05, 0.1) is 17.2 Å². The first-order valence-corrected chi connectivity index (χ1v) is 10.1. The second-order valence-electron chi connectivity index (χ2n) is 6.33. The van der Waals surface area contributed by atoms with Crippen molar-refractivity contribution in [3.63, 3.8) is 0 Å². The molecule has 0 aliphatic carbocycles. The average Bonchev–Trinajstić information content (AvgIpc) is 2.97. The topological polar surface area (TPSA) is 52.6 Å². The van der Waals surface area contributed by atoms with Gasteiger partial charge < -0.3 is 15.5 Å². The van der Waals surface area contributed by atoms with E-state index >= 15 is 0 Å². The number of anilines is 1. The van der Waals surface area contributed by atoms with E-state index < -0.39 is 0 Å². The summed E-state index contributed by atoms with van der Waals surface area (Å²) in [4.78, 5) is 12.7. The molecule has 0 unspecified atom stereocenters. The van der Waals surface area contributed by atoms with Crippen molar-refractivity contribution in [3.8, 4) is 0 Å². The number of hydrogen-bond acceptors (Lipinski definition) is 4. The quantitative estimate of drug-likeness (QED) is 0.232. The zero-order valence-corrected chi connectivity index (χ0v) is 19.9. The summed E-state index contributed by atoms with van der Waals surface area (Å²) in [5, 5.41) is 7.86. The fraction of sp³-hybridized carbons (Fsp3) is 0.500. The number of hydrogen-bond donors (Lipinski definition) is 2. The Labute approximate surface area is 184 Å². The Hall–Kier alpha value is -1.35. The Morgan fingerprint density at radius 2 is 1.89 bits per heavy atom. The number of halogens is 1. The van der Waals surface area contributed by atoms with Gasteiger partial charge in [0.15, 0.2) is 5.96 Å². The third-order valence-corrected chi connectivity index (χ3v) is 5.19. The van der Waals surface area contributed by atoms with E-state index in [-0.39, 0.29) is 24.0 Å². The predicted octanol–water partition coefficient (Wildman–Crippen LogP) is 4.35. The lowest BCUT2D eigenvalue weighted by Crippen LogP contribution is -2.38. The van der Waals surface area contributed by atoms with Gasteiger partial charge in [0.2, 0.25) is 0 Å². The number of nitrogens with one attached hydrogen (secondary N) is 2. The number of rotatable bonds is 9. The zero-order valence-electron chi connectivity index (χ0n) is 16.8. The second kappa shape index (κ2) is 12.9. The molecule has 1 aromatic heterocycles. The smallest absolute Gasteiger partial charge is 0.191 e. The Kier molecular flexibility index (Phi) is 11.3. The standard InChI is InChI=1S/C20H31N5S.HI/c1-5-21-20(23-15-19-16(2)24-17(3)26-19)22-13-9-10-14-25(4)18-11-7-6-8-12-18;/h6-8,11-12H,5,9-10,13-15H2,1-4H3,(H2,21,22,23);1H. The molecule has 7 heteroatoms. The first-order chi connectivity index (χ1) is 12.6. The van der Waals surface area contributed by atoms with Gasteiger partial charge in [0.25, 0.3) is 0 Å². The number of aliphatic imine (C=N–C) groups is 1. The lowest BCUT2D eigenvalue weighted by Gasteiger charge is -2.19. The summed E-state index contributed by atoms with van der Waals surface area (Å²) in [6, 6.07) is 10.5. The number of benzene rings is 1. The third-order valence-electron chi connectivity index (χ3n) is 4.13. The van der Waals surface area contributed by atoms with Crippen molar-refractivity contribution in [2.45, 2.75) is 40.2 Å². The Morgan fingerprint density at radius 3 is 2.52 bits per heavy atom. The molecule has 27 heavy (non-hydrogen) atoms. The van der Waals surface area contributed by atoms with Crippen LogP contribution in [-0.4, -0.2) is 37.6 Å². The number of aryl methyl sites for hydroxylation is 2. The van der Waals surface area contributed by atoms with Gasteiger partial charge in [-0.15, -0.1) is 35.3 Å². The fourth-order valence-electron chi connectivity index (χ4n) is 2.71. The van der Waals surface area contributed by atoms with Crippen LogP contribution in [0, 0.1) is 13.8 Å². The molecule has 2 aromatic rings. The van der Waals surface area contributed by atoms with Crippen molar-refractivity contribution in [2.24, 2.45) is 4.99 Å². The van der Waals surface area contributed by atoms with Gasteiger partial charge in [-0.1, -0.05) is 18.2 Å². The molecule has 1 heterocycles. The van der Waals surface area contributed by atoms with Gasteiger partial charge in [-0.05, 0) is 45.7 Å². The minimum atomic E-state index is 0. The molecule has 0 aliphatic rings. The normalized spacial score (nSPS) is 11.0. The highest BCUT2D eigenvalue weighted by atomic mass is 127. The van der Waals surface area contributed by atoms with E-state index in [0.717, 1.165) is 49.1 Å². The molecule has 2 rings (SSSR count). The van der Waals surface area contributed by atoms with E-state index in [9.17, 15) is 0 Å². The van der Waals surface area contributed by atoms with Crippen LogP contribution in [0.5, 0.6) is 0 Å². The number of thiazole rings is 1. The zero-order chi connectivity index (χ0) is 18.8. The molecule has 5 nitrogen and oxygen atoms in total. The summed E-state index contributed by atoms with van der Waals surface area (Å²) in [7, 11) is 2.15. The van der Waals surface area contributed by atoms with E-state index in [0.29, 0.717) is 6.54 Å². The van der Waals surface area contributed by atoms with Crippen LogP contribution in [0.2, 0.25) is 0 Å². The molecule has 0 fully saturated rings. The van der Waals surface area contributed by atoms with Crippen LogP contribution in [0.15, 0.2) is 35.3 Å². The highest BCUT2D eigenvalue weighted by Crippen LogP contribution is 2.17. The summed E-state index contributed by atoms with van der Waals surface area (Å²) in [6.07, 6.45) is 2.26. The maximum atomic E-state index is 4.69. The summed E-state index contributed by atoms with van der Waals surface area (Å²) < 4.78 is 0. The van der Waals surface area contributed by atoms with Crippen molar-refractivity contribution >= 4 is 47.0 Å². The van der Waals surface area contributed by atoms with E-state index in [1.807, 2.05) is 6.92 Å². The third kappa shape index (κ3) is 8.47. The largest absolute Gasteiger partial charge is 0.375 e. The fourth-order valence-corrected chi connectivity index (χ4v) is 3.57. The summed E-state index contributed by atoms with van der Waals surface area (Å²) in [5.41, 5.74) is 2.36. The monoisotopic (exact) mass is 501 g/mol. The Morgan fingerprint density at radius 1 is 1.15 bits per heavy atom. The molecule has 0 aliphatic heterocycles. The van der Waals surface area contributed by atoms with E-state index in [1.165, 1.54) is 10.6 Å². The van der Waals surface area contributed by atoms with Gasteiger partial charge in [-0.3, -0.25) is 0 Å². The van der Waals surface area contributed by atoms with Crippen LogP contribution < -0.4 is 15.5 Å². The molecule has 1 aromatic carbocycles. The van der Waals surface area contributed by atoms with Gasteiger partial charge in [0, 0.05) is 37.2 Å². The highest BCUT2D eigenvalue weighted by molar-refractivity contribution is 14.0. The maximum Gasteiger partial charge on any atom is 0.191 e. The lowest BCUT2D eigenvalue weighted by atomic mass is 10.2. The first kappa shape index (κ1) is 23.7. The van der Waals surface area contributed by atoms with E-state index in [2.05, 4.69) is 71.7 Å². The molecule has 0 atom stereocenters. The van der Waals surface area contributed by atoms with E-state index in [1.54, 1.807) is 11.3 Å². The average molecular weight is 501 g/mol. The molecule has 0 saturated carbocycles. The van der Waals surface area contributed by atoms with Crippen molar-refractivity contribution in [3.05, 3.63) is 45.9 Å². The van der Waals surface area contributed by atoms with Crippen molar-refractivity contribution in [1.82, 2.24) is 15.6 Å². The molecule has 0 radical (unpaired) electrons. The number of aromatic nitrogens is 1. The Bertz CT molecular complexity index is 687. The second-order valence-corrected chi connectivity index (χ2v) is 7.62. The minimum absolute atomic E-state index is 0.